The van der Waals surface area contributed by atoms with E-state index < -0.39 is 0 Å². The molecular formula is C13H26N4. The highest BCUT2D eigenvalue weighted by molar-refractivity contribution is 5.49. The third-order valence-electron chi connectivity index (χ3n) is 2.74. The van der Waals surface area contributed by atoms with Gasteiger partial charge in [0.15, 0.2) is 0 Å². The summed E-state index contributed by atoms with van der Waals surface area (Å²) in [5.41, 5.74) is 2.68. The summed E-state index contributed by atoms with van der Waals surface area (Å²) in [5.74, 6) is 1.21. The van der Waals surface area contributed by atoms with Crippen LogP contribution in [0.4, 0.5) is 5.82 Å². The van der Waals surface area contributed by atoms with Crippen LogP contribution in [0, 0.1) is 12.3 Å². The predicted molar refractivity (Wildman–Crippen MR) is 73.4 cm³/mol. The van der Waals surface area contributed by atoms with Crippen molar-refractivity contribution in [2.75, 3.05) is 25.5 Å². The molecule has 17 heavy (non-hydrogen) atoms. The minimum atomic E-state index is 0.282. The molecule has 0 radical (unpaired) electrons. The van der Waals surface area contributed by atoms with Crippen molar-refractivity contribution in [1.82, 2.24) is 15.1 Å². The summed E-state index contributed by atoms with van der Waals surface area (Å²) in [7, 11) is 6.13. The Bertz CT molecular complexity index is 374. The number of rotatable bonds is 4. The van der Waals surface area contributed by atoms with Crippen molar-refractivity contribution in [2.45, 2.75) is 34.2 Å². The third kappa shape index (κ3) is 3.46. The summed E-state index contributed by atoms with van der Waals surface area (Å²) in [5, 5.41) is 7.73. The molecule has 0 amide bonds. The first-order chi connectivity index (χ1) is 7.76. The lowest BCUT2D eigenvalue weighted by atomic mass is 9.96. The van der Waals surface area contributed by atoms with Crippen molar-refractivity contribution in [3.63, 3.8) is 0 Å². The third-order valence-corrected chi connectivity index (χ3v) is 2.74. The van der Waals surface area contributed by atoms with Crippen LogP contribution < -0.4 is 10.2 Å². The molecule has 0 spiro atoms. The van der Waals surface area contributed by atoms with Crippen LogP contribution in [0.1, 0.15) is 32.0 Å². The quantitative estimate of drug-likeness (QED) is 0.870. The van der Waals surface area contributed by atoms with E-state index in [0.717, 1.165) is 18.8 Å². The maximum Gasteiger partial charge on any atom is 0.131 e. The molecule has 0 atom stereocenters. The summed E-state index contributed by atoms with van der Waals surface area (Å²) >= 11 is 0. The van der Waals surface area contributed by atoms with Crippen molar-refractivity contribution in [2.24, 2.45) is 12.5 Å². The lowest BCUT2D eigenvalue weighted by molar-refractivity contribution is 0.415. The van der Waals surface area contributed by atoms with Gasteiger partial charge in [0.25, 0.3) is 0 Å². The minimum Gasteiger partial charge on any atom is -0.359 e. The molecule has 0 aliphatic rings. The first kappa shape index (κ1) is 14.0. The van der Waals surface area contributed by atoms with Gasteiger partial charge in [-0.1, -0.05) is 20.8 Å². The van der Waals surface area contributed by atoms with E-state index in [0.29, 0.717) is 0 Å². The van der Waals surface area contributed by atoms with Gasteiger partial charge in [-0.05, 0) is 19.4 Å². The van der Waals surface area contributed by atoms with Gasteiger partial charge in [0, 0.05) is 32.7 Å². The lowest BCUT2D eigenvalue weighted by Gasteiger charge is -2.29. The summed E-state index contributed by atoms with van der Waals surface area (Å²) in [6.07, 6.45) is 0. The van der Waals surface area contributed by atoms with E-state index in [9.17, 15) is 0 Å². The van der Waals surface area contributed by atoms with Crippen LogP contribution >= 0.6 is 0 Å². The van der Waals surface area contributed by atoms with Gasteiger partial charge in [0.2, 0.25) is 0 Å². The standard InChI is InChI=1S/C13H26N4/c1-10-11(8-14-5)12(17(7)15-10)16(6)9-13(2,3)4/h14H,8-9H2,1-7H3. The molecule has 0 saturated heterocycles. The van der Waals surface area contributed by atoms with Crippen LogP contribution in [0.2, 0.25) is 0 Å². The first-order valence-electron chi connectivity index (χ1n) is 6.14. The molecule has 0 aliphatic carbocycles. The zero-order valence-electron chi connectivity index (χ0n) is 12.3. The average Bonchev–Trinajstić information content (AvgIpc) is 2.39. The highest BCUT2D eigenvalue weighted by Gasteiger charge is 2.20. The lowest BCUT2D eigenvalue weighted by Crippen LogP contribution is -2.31. The van der Waals surface area contributed by atoms with E-state index in [1.807, 2.05) is 18.8 Å². The summed E-state index contributed by atoms with van der Waals surface area (Å²) in [6.45, 7) is 10.7. The smallest absolute Gasteiger partial charge is 0.131 e. The fourth-order valence-corrected chi connectivity index (χ4v) is 2.34. The molecule has 1 aromatic rings. The number of hydrogen-bond acceptors (Lipinski definition) is 3. The topological polar surface area (TPSA) is 33.1 Å². The fourth-order valence-electron chi connectivity index (χ4n) is 2.34. The number of nitrogens with one attached hydrogen (secondary N) is 1. The molecule has 98 valence electrons. The maximum absolute atomic E-state index is 4.52. The van der Waals surface area contributed by atoms with Gasteiger partial charge in [0.1, 0.15) is 5.82 Å². The van der Waals surface area contributed by atoms with Crippen molar-refractivity contribution >= 4 is 5.82 Å². The Morgan fingerprint density at radius 3 is 2.41 bits per heavy atom. The molecule has 1 heterocycles. The molecule has 0 saturated carbocycles. The van der Waals surface area contributed by atoms with Crippen LogP contribution in [0.25, 0.3) is 0 Å². The van der Waals surface area contributed by atoms with E-state index in [4.69, 9.17) is 0 Å². The van der Waals surface area contributed by atoms with Gasteiger partial charge in [-0.15, -0.1) is 0 Å². The number of anilines is 1. The van der Waals surface area contributed by atoms with Gasteiger partial charge in [0.05, 0.1) is 5.69 Å². The predicted octanol–water partition coefficient (Wildman–Crippen LogP) is 1.93. The largest absolute Gasteiger partial charge is 0.359 e. The van der Waals surface area contributed by atoms with Crippen molar-refractivity contribution in [3.05, 3.63) is 11.3 Å². The number of hydrogen-bond donors (Lipinski definition) is 1. The van der Waals surface area contributed by atoms with Crippen LogP contribution in [0.3, 0.4) is 0 Å². The summed E-state index contributed by atoms with van der Waals surface area (Å²) < 4.78 is 1.98. The van der Waals surface area contributed by atoms with E-state index in [1.54, 1.807) is 0 Å². The molecule has 1 rings (SSSR count). The van der Waals surface area contributed by atoms with Gasteiger partial charge < -0.3 is 10.2 Å². The number of nitrogens with zero attached hydrogens (tertiary/aromatic N) is 3. The Hall–Kier alpha value is -1.03. The molecule has 4 heteroatoms. The van der Waals surface area contributed by atoms with Crippen molar-refractivity contribution in [3.8, 4) is 0 Å². The van der Waals surface area contributed by atoms with Crippen molar-refractivity contribution < 1.29 is 0 Å². The number of aryl methyl sites for hydroxylation is 2. The van der Waals surface area contributed by atoms with Crippen LogP contribution in [-0.2, 0) is 13.6 Å². The van der Waals surface area contributed by atoms with Crippen molar-refractivity contribution in [1.29, 1.82) is 0 Å². The first-order valence-corrected chi connectivity index (χ1v) is 6.14. The van der Waals surface area contributed by atoms with Crippen LogP contribution in [0.15, 0.2) is 0 Å². The normalized spacial score (nSPS) is 11.9. The Balaban J connectivity index is 3.03. The molecule has 1 N–H and O–H groups in total. The van der Waals surface area contributed by atoms with Crippen LogP contribution in [0.5, 0.6) is 0 Å². The van der Waals surface area contributed by atoms with Gasteiger partial charge in [-0.2, -0.15) is 5.10 Å². The minimum absolute atomic E-state index is 0.282. The second kappa shape index (κ2) is 5.08. The molecule has 0 bridgehead atoms. The average molecular weight is 238 g/mol. The Morgan fingerprint density at radius 2 is 1.94 bits per heavy atom. The maximum atomic E-state index is 4.52. The summed E-state index contributed by atoms with van der Waals surface area (Å²) in [6, 6.07) is 0. The zero-order valence-corrected chi connectivity index (χ0v) is 12.3. The van der Waals surface area contributed by atoms with E-state index in [1.165, 1.54) is 11.4 Å². The molecule has 0 fully saturated rings. The second-order valence-electron chi connectivity index (χ2n) is 5.96. The van der Waals surface area contributed by atoms with Gasteiger partial charge in [-0.3, -0.25) is 4.68 Å². The Labute approximate surface area is 105 Å². The SMILES string of the molecule is CNCc1c(C)nn(C)c1N(C)CC(C)(C)C. The molecule has 4 nitrogen and oxygen atoms in total. The monoisotopic (exact) mass is 238 g/mol. The van der Waals surface area contributed by atoms with E-state index in [2.05, 4.69) is 50.1 Å². The molecule has 0 aromatic carbocycles. The Morgan fingerprint density at radius 1 is 1.35 bits per heavy atom. The fraction of sp³-hybridized carbons (Fsp3) is 0.769. The molecule has 1 aromatic heterocycles. The van der Waals surface area contributed by atoms with Gasteiger partial charge >= 0.3 is 0 Å². The van der Waals surface area contributed by atoms with E-state index >= 15 is 0 Å². The zero-order chi connectivity index (χ0) is 13.2. The highest BCUT2D eigenvalue weighted by Crippen LogP contribution is 2.25. The molecule has 0 aliphatic heterocycles. The summed E-state index contributed by atoms with van der Waals surface area (Å²) in [4.78, 5) is 2.30. The van der Waals surface area contributed by atoms with E-state index in [-0.39, 0.29) is 5.41 Å². The molecular weight excluding hydrogens is 212 g/mol. The highest BCUT2D eigenvalue weighted by atomic mass is 15.4. The second-order valence-corrected chi connectivity index (χ2v) is 5.96. The molecule has 0 unspecified atom stereocenters. The number of aromatic nitrogens is 2. The van der Waals surface area contributed by atoms with Crippen LogP contribution in [-0.4, -0.2) is 30.4 Å². The Kier molecular flexibility index (Phi) is 4.20. The van der Waals surface area contributed by atoms with Gasteiger partial charge in [-0.25, -0.2) is 0 Å².